The van der Waals surface area contributed by atoms with Crippen molar-refractivity contribution < 1.29 is 28.0 Å². The Kier molecular flexibility index (Phi) is 5.78. The maximum absolute atomic E-state index is 13.5. The number of ether oxygens (including phenoxy) is 1. The Bertz CT molecular complexity index is 860. The molecule has 2 N–H and O–H groups in total. The van der Waals surface area contributed by atoms with Gasteiger partial charge in [-0.3, -0.25) is 30.6 Å². The maximum atomic E-state index is 13.5. The quantitative estimate of drug-likeness (QED) is 0.623. The van der Waals surface area contributed by atoms with Crippen molar-refractivity contribution in [2.75, 3.05) is 0 Å². The van der Waals surface area contributed by atoms with Crippen LogP contribution in [0.25, 0.3) is 0 Å². The molecule has 0 aromatic heterocycles. The van der Waals surface area contributed by atoms with Crippen LogP contribution in [0.3, 0.4) is 0 Å². The van der Waals surface area contributed by atoms with E-state index in [0.29, 0.717) is 0 Å². The van der Waals surface area contributed by atoms with Crippen molar-refractivity contribution in [2.24, 2.45) is 0 Å². The molecule has 0 aliphatic heterocycles. The van der Waals surface area contributed by atoms with Crippen LogP contribution in [0, 0.1) is 21.7 Å². The molecule has 10 heteroatoms. The highest BCUT2D eigenvalue weighted by Crippen LogP contribution is 2.18. The minimum atomic E-state index is -1.14. The lowest BCUT2D eigenvalue weighted by atomic mass is 10.2. The Morgan fingerprint density at radius 3 is 2.46 bits per heavy atom. The first-order chi connectivity index (χ1) is 12.3. The molecule has 2 amide bonds. The Morgan fingerprint density at radius 1 is 1.12 bits per heavy atom. The molecule has 0 fully saturated rings. The highest BCUT2D eigenvalue weighted by Gasteiger charge is 2.20. The minimum Gasteiger partial charge on any atom is -0.478 e. The number of nitro groups is 1. The van der Waals surface area contributed by atoms with Gasteiger partial charge in [-0.05, 0) is 31.2 Å². The van der Waals surface area contributed by atoms with Crippen LogP contribution in [0.4, 0.5) is 14.5 Å². The molecular weight excluding hydrogens is 352 g/mol. The summed E-state index contributed by atoms with van der Waals surface area (Å²) < 4.78 is 31.9. The zero-order chi connectivity index (χ0) is 19.3. The number of hydrogen-bond donors (Lipinski definition) is 2. The number of carbonyl (C=O) groups is 2. The molecule has 0 saturated heterocycles. The SMILES string of the molecule is C[C@H](Oc1ccccc1F)C(=O)NNC(=O)c1ccc(F)c([N+](=O)[O-])c1. The van der Waals surface area contributed by atoms with Gasteiger partial charge in [-0.25, -0.2) is 4.39 Å². The summed E-state index contributed by atoms with van der Waals surface area (Å²) >= 11 is 0. The van der Waals surface area contributed by atoms with E-state index in [1.807, 2.05) is 10.9 Å². The third-order valence-electron chi connectivity index (χ3n) is 3.21. The average Bonchev–Trinajstić information content (AvgIpc) is 2.61. The van der Waals surface area contributed by atoms with Crippen LogP contribution in [0.2, 0.25) is 0 Å². The Balaban J connectivity index is 1.96. The van der Waals surface area contributed by atoms with E-state index in [1.165, 1.54) is 25.1 Å². The molecule has 0 bridgehead atoms. The molecule has 136 valence electrons. The second-order valence-corrected chi connectivity index (χ2v) is 5.06. The van der Waals surface area contributed by atoms with E-state index < -0.39 is 40.2 Å². The van der Waals surface area contributed by atoms with E-state index >= 15 is 0 Å². The number of benzene rings is 2. The van der Waals surface area contributed by atoms with Gasteiger partial charge in [-0.1, -0.05) is 12.1 Å². The Labute approximate surface area is 145 Å². The van der Waals surface area contributed by atoms with Crippen LogP contribution in [0.15, 0.2) is 42.5 Å². The second-order valence-electron chi connectivity index (χ2n) is 5.06. The molecule has 2 aromatic rings. The molecule has 0 aliphatic carbocycles. The fourth-order valence-corrected chi connectivity index (χ4v) is 1.87. The van der Waals surface area contributed by atoms with Crippen LogP contribution in [0.1, 0.15) is 17.3 Å². The zero-order valence-corrected chi connectivity index (χ0v) is 13.4. The van der Waals surface area contributed by atoms with Crippen LogP contribution in [-0.4, -0.2) is 22.8 Å². The van der Waals surface area contributed by atoms with Gasteiger partial charge < -0.3 is 4.74 Å². The van der Waals surface area contributed by atoms with Gasteiger partial charge >= 0.3 is 5.69 Å². The van der Waals surface area contributed by atoms with E-state index in [-0.39, 0.29) is 11.3 Å². The zero-order valence-electron chi connectivity index (χ0n) is 13.4. The van der Waals surface area contributed by atoms with Gasteiger partial charge in [0.1, 0.15) is 0 Å². The molecule has 2 rings (SSSR count). The van der Waals surface area contributed by atoms with Crippen molar-refractivity contribution in [3.8, 4) is 5.75 Å². The fraction of sp³-hybridized carbons (Fsp3) is 0.125. The number of carbonyl (C=O) groups excluding carboxylic acids is 2. The van der Waals surface area contributed by atoms with Gasteiger partial charge in [0, 0.05) is 11.6 Å². The number of nitrogens with one attached hydrogen (secondary N) is 2. The number of halogens is 2. The molecule has 0 aliphatic rings. The lowest BCUT2D eigenvalue weighted by Crippen LogP contribution is -2.47. The lowest BCUT2D eigenvalue weighted by Gasteiger charge is -2.15. The first kappa shape index (κ1) is 18.8. The van der Waals surface area contributed by atoms with Gasteiger partial charge in [0.05, 0.1) is 4.92 Å². The van der Waals surface area contributed by atoms with Crippen LogP contribution in [-0.2, 0) is 4.79 Å². The number of rotatable bonds is 5. The summed E-state index contributed by atoms with van der Waals surface area (Å²) in [6.45, 7) is 1.33. The van der Waals surface area contributed by atoms with Crippen molar-refractivity contribution in [1.29, 1.82) is 0 Å². The number of para-hydroxylation sites is 1. The summed E-state index contributed by atoms with van der Waals surface area (Å²) in [5.74, 6) is -3.59. The van der Waals surface area contributed by atoms with Gasteiger partial charge in [0.25, 0.3) is 11.8 Å². The van der Waals surface area contributed by atoms with Crippen LogP contribution < -0.4 is 15.6 Å². The summed E-state index contributed by atoms with van der Waals surface area (Å²) in [5.41, 5.74) is 2.93. The molecular formula is C16H13F2N3O5. The number of nitrogens with zero attached hydrogens (tertiary/aromatic N) is 1. The number of hydrogen-bond acceptors (Lipinski definition) is 5. The lowest BCUT2D eigenvalue weighted by molar-refractivity contribution is -0.387. The predicted octanol–water partition coefficient (Wildman–Crippen LogP) is 2.10. The topological polar surface area (TPSA) is 111 Å². The van der Waals surface area contributed by atoms with E-state index in [0.717, 1.165) is 24.3 Å². The molecule has 8 nitrogen and oxygen atoms in total. The first-order valence-electron chi connectivity index (χ1n) is 7.25. The molecule has 26 heavy (non-hydrogen) atoms. The van der Waals surface area contributed by atoms with E-state index in [1.54, 1.807) is 0 Å². The average molecular weight is 365 g/mol. The molecule has 0 radical (unpaired) electrons. The van der Waals surface area contributed by atoms with Gasteiger partial charge in [-0.15, -0.1) is 0 Å². The number of hydrazine groups is 1. The van der Waals surface area contributed by atoms with E-state index in [2.05, 4.69) is 0 Å². The molecule has 1 atom stereocenters. The van der Waals surface area contributed by atoms with Gasteiger partial charge in [0.2, 0.25) is 5.82 Å². The fourth-order valence-electron chi connectivity index (χ4n) is 1.87. The smallest absolute Gasteiger partial charge is 0.305 e. The normalized spacial score (nSPS) is 11.3. The number of amides is 2. The standard InChI is InChI=1S/C16H13F2N3O5/c1-9(26-14-5-3-2-4-12(14)18)15(22)19-20-16(23)10-6-7-11(17)13(8-10)21(24)25/h2-9H,1H3,(H,19,22)(H,20,23)/t9-/m0/s1. The Hall–Kier alpha value is -3.56. The monoisotopic (exact) mass is 365 g/mol. The highest BCUT2D eigenvalue weighted by molar-refractivity contribution is 5.96. The molecule has 0 unspecified atom stereocenters. The summed E-state index contributed by atoms with van der Waals surface area (Å²) in [6.07, 6.45) is -1.14. The molecule has 0 heterocycles. The van der Waals surface area contributed by atoms with Crippen molar-refractivity contribution in [2.45, 2.75) is 13.0 Å². The van der Waals surface area contributed by atoms with E-state index in [4.69, 9.17) is 4.74 Å². The second kappa shape index (κ2) is 8.01. The van der Waals surface area contributed by atoms with Gasteiger partial charge in [-0.2, -0.15) is 4.39 Å². The van der Waals surface area contributed by atoms with Crippen LogP contribution >= 0.6 is 0 Å². The Morgan fingerprint density at radius 2 is 1.81 bits per heavy atom. The van der Waals surface area contributed by atoms with Crippen molar-refractivity contribution in [3.05, 3.63) is 69.8 Å². The highest BCUT2D eigenvalue weighted by atomic mass is 19.1. The van der Waals surface area contributed by atoms with Crippen LogP contribution in [0.5, 0.6) is 5.75 Å². The van der Waals surface area contributed by atoms with Gasteiger partial charge in [0.15, 0.2) is 17.7 Å². The first-order valence-corrected chi connectivity index (χ1v) is 7.25. The van der Waals surface area contributed by atoms with Crippen molar-refractivity contribution >= 4 is 17.5 Å². The summed E-state index contributed by atoms with van der Waals surface area (Å²) in [5, 5.41) is 10.7. The third-order valence-corrected chi connectivity index (χ3v) is 3.21. The van der Waals surface area contributed by atoms with Crippen molar-refractivity contribution in [3.63, 3.8) is 0 Å². The summed E-state index contributed by atoms with van der Waals surface area (Å²) in [7, 11) is 0. The third kappa shape index (κ3) is 4.50. The maximum Gasteiger partial charge on any atom is 0.305 e. The van der Waals surface area contributed by atoms with Crippen molar-refractivity contribution in [1.82, 2.24) is 10.9 Å². The number of nitro benzene ring substituents is 1. The molecule has 2 aromatic carbocycles. The predicted molar refractivity (Wildman–Crippen MR) is 85.2 cm³/mol. The molecule has 0 saturated carbocycles. The summed E-state index contributed by atoms with van der Waals surface area (Å²) in [4.78, 5) is 33.5. The largest absolute Gasteiger partial charge is 0.478 e. The summed E-state index contributed by atoms with van der Waals surface area (Å²) in [6, 6.07) is 7.97. The minimum absolute atomic E-state index is 0.143. The van der Waals surface area contributed by atoms with E-state index in [9.17, 15) is 28.5 Å². The molecule has 0 spiro atoms.